The van der Waals surface area contributed by atoms with Crippen molar-refractivity contribution in [2.75, 3.05) is 0 Å². The van der Waals surface area contributed by atoms with Gasteiger partial charge in [-0.15, -0.1) is 0 Å². The van der Waals surface area contributed by atoms with Crippen molar-refractivity contribution in [3.63, 3.8) is 0 Å². The normalized spacial score (nSPS) is 20.6. The monoisotopic (exact) mass is 124 g/mol. The molecule has 0 aromatic carbocycles. The van der Waals surface area contributed by atoms with E-state index in [1.54, 1.807) is 0 Å². The van der Waals surface area contributed by atoms with E-state index in [9.17, 15) is 0 Å². The van der Waals surface area contributed by atoms with Crippen LogP contribution >= 0.6 is 0 Å². The maximum absolute atomic E-state index is 2.34. The summed E-state index contributed by atoms with van der Waals surface area (Å²) in [6, 6.07) is 0. The topological polar surface area (TPSA) is 0 Å². The predicted molar refractivity (Wildman–Crippen MR) is 41.4 cm³/mol. The maximum Gasteiger partial charge on any atom is -0.0322 e. The molecular weight excluding hydrogens is 108 g/mol. The molecule has 0 saturated heterocycles. The molecule has 9 heavy (non-hydrogen) atoms. The van der Waals surface area contributed by atoms with Gasteiger partial charge in [0, 0.05) is 0 Å². The maximum atomic E-state index is 2.34. The molecule has 0 nitrogen and oxygen atoms in total. The van der Waals surface area contributed by atoms with Crippen LogP contribution in [-0.2, 0) is 0 Å². The molecule has 0 aliphatic heterocycles. The van der Waals surface area contributed by atoms with E-state index in [0.717, 1.165) is 5.92 Å². The van der Waals surface area contributed by atoms with Crippen molar-refractivity contribution in [1.82, 2.24) is 0 Å². The van der Waals surface area contributed by atoms with Crippen LogP contribution in [0, 0.1) is 5.92 Å². The highest BCUT2D eigenvalue weighted by Gasteiger charge is 2.14. The van der Waals surface area contributed by atoms with Gasteiger partial charge in [-0.1, -0.05) is 38.3 Å². The first kappa shape index (κ1) is 6.85. The van der Waals surface area contributed by atoms with E-state index in [2.05, 4.69) is 19.1 Å². The molecule has 1 aliphatic rings. The zero-order valence-electron chi connectivity index (χ0n) is 6.27. The lowest BCUT2D eigenvalue weighted by Gasteiger charge is -2.23. The van der Waals surface area contributed by atoms with Crippen molar-refractivity contribution in [2.45, 2.75) is 39.0 Å². The Morgan fingerprint density at radius 2 is 2.11 bits per heavy atom. The van der Waals surface area contributed by atoms with Crippen LogP contribution in [0.2, 0.25) is 0 Å². The number of allylic oxidation sites excluding steroid dienone is 2. The fraction of sp³-hybridized carbons (Fsp3) is 0.778. The summed E-state index contributed by atoms with van der Waals surface area (Å²) >= 11 is 0. The molecule has 0 bridgehead atoms. The molecule has 0 amide bonds. The Morgan fingerprint density at radius 1 is 1.33 bits per heavy atom. The van der Waals surface area contributed by atoms with Crippen molar-refractivity contribution in [1.29, 1.82) is 0 Å². The van der Waals surface area contributed by atoms with Crippen molar-refractivity contribution in [3.05, 3.63) is 12.2 Å². The number of hydrogen-bond donors (Lipinski definition) is 0. The third kappa shape index (κ3) is 2.21. The summed E-state index contributed by atoms with van der Waals surface area (Å²) in [7, 11) is 0. The van der Waals surface area contributed by atoms with Gasteiger partial charge < -0.3 is 0 Å². The number of hydrogen-bond acceptors (Lipinski definition) is 0. The van der Waals surface area contributed by atoms with Gasteiger partial charge in [0.2, 0.25) is 0 Å². The Kier molecular flexibility index (Phi) is 2.82. The molecule has 0 heteroatoms. The van der Waals surface area contributed by atoms with Gasteiger partial charge in [-0.05, 0) is 18.8 Å². The van der Waals surface area contributed by atoms with Gasteiger partial charge in [-0.2, -0.15) is 0 Å². The summed E-state index contributed by atoms with van der Waals surface area (Å²) in [4.78, 5) is 0. The summed E-state index contributed by atoms with van der Waals surface area (Å²) < 4.78 is 0. The van der Waals surface area contributed by atoms with Crippen LogP contribution in [0.15, 0.2) is 12.2 Å². The average Bonchev–Trinajstić information content (AvgIpc) is 1.76. The van der Waals surface area contributed by atoms with Gasteiger partial charge in [0.05, 0.1) is 0 Å². The van der Waals surface area contributed by atoms with Crippen molar-refractivity contribution in [3.8, 4) is 0 Å². The molecule has 0 spiro atoms. The molecule has 0 atom stereocenters. The third-order valence-corrected chi connectivity index (χ3v) is 2.10. The van der Waals surface area contributed by atoms with Crippen LogP contribution < -0.4 is 0 Å². The van der Waals surface area contributed by atoms with Crippen LogP contribution in [0.1, 0.15) is 39.0 Å². The molecule has 1 aliphatic carbocycles. The Labute approximate surface area is 58.0 Å². The first-order valence-electron chi connectivity index (χ1n) is 4.08. The van der Waals surface area contributed by atoms with Crippen LogP contribution in [0.3, 0.4) is 0 Å². The van der Waals surface area contributed by atoms with Crippen molar-refractivity contribution >= 4 is 0 Å². The molecule has 0 radical (unpaired) electrons. The molecular formula is C9H16. The van der Waals surface area contributed by atoms with Gasteiger partial charge >= 0.3 is 0 Å². The minimum absolute atomic E-state index is 1.05. The van der Waals surface area contributed by atoms with E-state index in [-0.39, 0.29) is 0 Å². The van der Waals surface area contributed by atoms with E-state index >= 15 is 0 Å². The van der Waals surface area contributed by atoms with E-state index in [0.29, 0.717) is 0 Å². The van der Waals surface area contributed by atoms with Crippen LogP contribution in [0.5, 0.6) is 0 Å². The lowest BCUT2D eigenvalue weighted by atomic mass is 9.83. The summed E-state index contributed by atoms with van der Waals surface area (Å²) in [5.74, 6) is 1.05. The highest BCUT2D eigenvalue weighted by atomic mass is 14.2. The van der Waals surface area contributed by atoms with Crippen molar-refractivity contribution in [2.24, 2.45) is 5.92 Å². The van der Waals surface area contributed by atoms with Gasteiger partial charge in [0.1, 0.15) is 0 Å². The molecule has 52 valence electrons. The summed E-state index contributed by atoms with van der Waals surface area (Å²) in [6.45, 7) is 2.19. The quantitative estimate of drug-likeness (QED) is 0.507. The van der Waals surface area contributed by atoms with Gasteiger partial charge in [0.15, 0.2) is 0 Å². The zero-order valence-corrected chi connectivity index (χ0v) is 6.27. The second-order valence-electron chi connectivity index (χ2n) is 2.91. The van der Waals surface area contributed by atoms with E-state index in [1.807, 2.05) is 0 Å². The highest BCUT2D eigenvalue weighted by molar-refractivity contribution is 4.85. The summed E-state index contributed by atoms with van der Waals surface area (Å²) in [5.41, 5.74) is 0. The standard InChI is InChI=1S/C9H16/c1-2-3-4-6-9-7-5-8-9/h3-4,9H,2,5-8H2,1H3. The fourth-order valence-corrected chi connectivity index (χ4v) is 1.18. The van der Waals surface area contributed by atoms with E-state index < -0.39 is 0 Å². The number of rotatable bonds is 3. The molecule has 0 aromatic heterocycles. The lowest BCUT2D eigenvalue weighted by molar-refractivity contribution is 0.319. The Bertz CT molecular complexity index is 88.2. The Hall–Kier alpha value is -0.260. The minimum Gasteiger partial charge on any atom is -0.0888 e. The predicted octanol–water partition coefficient (Wildman–Crippen LogP) is 3.14. The highest BCUT2D eigenvalue weighted by Crippen LogP contribution is 2.29. The summed E-state index contributed by atoms with van der Waals surface area (Å²) in [6.07, 6.45) is 11.6. The SMILES string of the molecule is CCC=CCC1CCC1. The molecule has 0 unspecified atom stereocenters. The lowest BCUT2D eigenvalue weighted by Crippen LogP contribution is -2.08. The fourth-order valence-electron chi connectivity index (χ4n) is 1.18. The Morgan fingerprint density at radius 3 is 2.56 bits per heavy atom. The second kappa shape index (κ2) is 3.71. The van der Waals surface area contributed by atoms with Gasteiger partial charge in [-0.25, -0.2) is 0 Å². The minimum atomic E-state index is 1.05. The van der Waals surface area contributed by atoms with Crippen LogP contribution in [-0.4, -0.2) is 0 Å². The van der Waals surface area contributed by atoms with Crippen LogP contribution in [0.4, 0.5) is 0 Å². The molecule has 0 N–H and O–H groups in total. The average molecular weight is 124 g/mol. The Balaban J connectivity index is 1.97. The molecule has 1 saturated carbocycles. The van der Waals surface area contributed by atoms with Crippen LogP contribution in [0.25, 0.3) is 0 Å². The first-order valence-corrected chi connectivity index (χ1v) is 4.08. The van der Waals surface area contributed by atoms with Crippen molar-refractivity contribution < 1.29 is 0 Å². The zero-order chi connectivity index (χ0) is 6.53. The third-order valence-electron chi connectivity index (χ3n) is 2.10. The molecule has 1 fully saturated rings. The summed E-state index contributed by atoms with van der Waals surface area (Å²) in [5, 5.41) is 0. The van der Waals surface area contributed by atoms with E-state index in [4.69, 9.17) is 0 Å². The molecule has 0 aromatic rings. The van der Waals surface area contributed by atoms with Gasteiger partial charge in [0.25, 0.3) is 0 Å². The van der Waals surface area contributed by atoms with Gasteiger partial charge in [-0.3, -0.25) is 0 Å². The molecule has 0 heterocycles. The first-order chi connectivity index (χ1) is 4.43. The van der Waals surface area contributed by atoms with E-state index in [1.165, 1.54) is 32.1 Å². The largest absolute Gasteiger partial charge is 0.0888 e. The molecule has 1 rings (SSSR count). The smallest absolute Gasteiger partial charge is 0.0322 e. The second-order valence-corrected chi connectivity index (χ2v) is 2.91.